The smallest absolute Gasteiger partial charge is 0.247 e. The minimum absolute atomic E-state index is 0.0450. The maximum atomic E-state index is 12.3. The standard InChI is InChI=1S/C16H22N2O2/c1-10(2)12-7-5-6-8-13(12)18-14(19)9-17-16(20)15(18)11(3)4/h5-8,10-11,15H,9H2,1-4H3,(H,17,20). The second kappa shape index (κ2) is 5.65. The molecule has 2 rings (SSSR count). The van der Waals surface area contributed by atoms with E-state index in [4.69, 9.17) is 0 Å². The molecule has 0 bridgehead atoms. The Kier molecular flexibility index (Phi) is 4.12. The van der Waals surface area contributed by atoms with Crippen LogP contribution >= 0.6 is 0 Å². The third kappa shape index (κ3) is 2.55. The Balaban J connectivity index is 2.52. The number of piperazine rings is 1. The van der Waals surface area contributed by atoms with Gasteiger partial charge >= 0.3 is 0 Å². The van der Waals surface area contributed by atoms with Gasteiger partial charge in [0.15, 0.2) is 0 Å². The van der Waals surface area contributed by atoms with Crippen LogP contribution in [-0.4, -0.2) is 24.4 Å². The van der Waals surface area contributed by atoms with E-state index in [1.54, 1.807) is 4.90 Å². The number of rotatable bonds is 3. The number of nitrogens with one attached hydrogen (secondary N) is 1. The molecule has 0 radical (unpaired) electrons. The molecule has 1 aliphatic heterocycles. The third-order valence-electron chi connectivity index (χ3n) is 3.68. The molecule has 1 N–H and O–H groups in total. The predicted octanol–water partition coefficient (Wildman–Crippen LogP) is 2.30. The van der Waals surface area contributed by atoms with Gasteiger partial charge in [0.1, 0.15) is 6.04 Å². The van der Waals surface area contributed by atoms with E-state index in [0.717, 1.165) is 11.3 Å². The zero-order valence-electron chi connectivity index (χ0n) is 12.5. The molecule has 2 amide bonds. The first-order valence-corrected chi connectivity index (χ1v) is 7.12. The van der Waals surface area contributed by atoms with E-state index in [1.165, 1.54) is 0 Å². The quantitative estimate of drug-likeness (QED) is 0.919. The molecule has 4 heteroatoms. The van der Waals surface area contributed by atoms with Crippen LogP contribution in [0.1, 0.15) is 39.2 Å². The lowest BCUT2D eigenvalue weighted by atomic mass is 9.94. The van der Waals surface area contributed by atoms with Gasteiger partial charge in [-0.15, -0.1) is 0 Å². The average molecular weight is 274 g/mol. The van der Waals surface area contributed by atoms with E-state index in [1.807, 2.05) is 38.1 Å². The Labute approximate surface area is 120 Å². The fourth-order valence-corrected chi connectivity index (χ4v) is 2.71. The maximum Gasteiger partial charge on any atom is 0.247 e. The molecule has 1 aromatic carbocycles. The van der Waals surface area contributed by atoms with Gasteiger partial charge in [-0.25, -0.2) is 0 Å². The normalized spacial score (nSPS) is 19.7. The molecule has 0 saturated carbocycles. The summed E-state index contributed by atoms with van der Waals surface area (Å²) in [5.74, 6) is 0.255. The summed E-state index contributed by atoms with van der Waals surface area (Å²) >= 11 is 0. The van der Waals surface area contributed by atoms with Crippen LogP contribution in [0.25, 0.3) is 0 Å². The van der Waals surface area contributed by atoms with Crippen molar-refractivity contribution in [3.05, 3.63) is 29.8 Å². The summed E-state index contributed by atoms with van der Waals surface area (Å²) < 4.78 is 0. The van der Waals surface area contributed by atoms with Gasteiger partial charge in [-0.1, -0.05) is 45.9 Å². The number of hydrogen-bond acceptors (Lipinski definition) is 2. The Morgan fingerprint density at radius 1 is 1.15 bits per heavy atom. The highest BCUT2D eigenvalue weighted by molar-refractivity contribution is 6.07. The molecule has 1 heterocycles. The number of anilines is 1. The highest BCUT2D eigenvalue weighted by atomic mass is 16.2. The molecule has 1 saturated heterocycles. The highest BCUT2D eigenvalue weighted by Gasteiger charge is 2.38. The largest absolute Gasteiger partial charge is 0.345 e. The highest BCUT2D eigenvalue weighted by Crippen LogP contribution is 2.31. The first-order chi connectivity index (χ1) is 9.43. The molecule has 1 aliphatic rings. The number of nitrogens with zero attached hydrogens (tertiary/aromatic N) is 1. The average Bonchev–Trinajstić information content (AvgIpc) is 2.40. The Morgan fingerprint density at radius 3 is 2.40 bits per heavy atom. The van der Waals surface area contributed by atoms with E-state index in [-0.39, 0.29) is 24.3 Å². The van der Waals surface area contributed by atoms with Crippen LogP contribution in [0.2, 0.25) is 0 Å². The molecule has 108 valence electrons. The van der Waals surface area contributed by atoms with Crippen molar-refractivity contribution in [2.75, 3.05) is 11.4 Å². The van der Waals surface area contributed by atoms with Gasteiger partial charge in [0, 0.05) is 5.69 Å². The van der Waals surface area contributed by atoms with Gasteiger partial charge in [-0.05, 0) is 23.5 Å². The molecule has 0 aliphatic carbocycles. The van der Waals surface area contributed by atoms with Crippen molar-refractivity contribution in [1.82, 2.24) is 5.32 Å². The number of carbonyl (C=O) groups excluding carboxylic acids is 2. The monoisotopic (exact) mass is 274 g/mol. The van der Waals surface area contributed by atoms with E-state index in [9.17, 15) is 9.59 Å². The van der Waals surface area contributed by atoms with Gasteiger partial charge in [0.2, 0.25) is 11.8 Å². The van der Waals surface area contributed by atoms with Crippen molar-refractivity contribution in [1.29, 1.82) is 0 Å². The van der Waals surface area contributed by atoms with Gasteiger partial charge < -0.3 is 5.32 Å². The number of amides is 2. The van der Waals surface area contributed by atoms with Crippen LogP contribution in [0.4, 0.5) is 5.69 Å². The number of hydrogen-bond donors (Lipinski definition) is 1. The Bertz CT molecular complexity index is 523. The minimum atomic E-state index is -0.434. The van der Waals surface area contributed by atoms with E-state index < -0.39 is 6.04 Å². The van der Waals surface area contributed by atoms with E-state index >= 15 is 0 Å². The van der Waals surface area contributed by atoms with Crippen molar-refractivity contribution in [3.63, 3.8) is 0 Å². The van der Waals surface area contributed by atoms with E-state index in [0.29, 0.717) is 5.92 Å². The molecule has 20 heavy (non-hydrogen) atoms. The molecule has 1 atom stereocenters. The van der Waals surface area contributed by atoms with Crippen LogP contribution in [-0.2, 0) is 9.59 Å². The van der Waals surface area contributed by atoms with Crippen molar-refractivity contribution in [3.8, 4) is 0 Å². The first-order valence-electron chi connectivity index (χ1n) is 7.12. The molecule has 0 aromatic heterocycles. The maximum absolute atomic E-state index is 12.3. The van der Waals surface area contributed by atoms with Gasteiger partial charge in [-0.3, -0.25) is 14.5 Å². The summed E-state index contributed by atoms with van der Waals surface area (Å²) in [5.41, 5.74) is 1.96. The predicted molar refractivity (Wildman–Crippen MR) is 79.7 cm³/mol. The number of carbonyl (C=O) groups is 2. The van der Waals surface area contributed by atoms with Gasteiger partial charge in [0.25, 0.3) is 0 Å². The fourth-order valence-electron chi connectivity index (χ4n) is 2.71. The summed E-state index contributed by atoms with van der Waals surface area (Å²) in [5, 5.41) is 2.68. The van der Waals surface area contributed by atoms with Crippen LogP contribution in [0, 0.1) is 5.92 Å². The Morgan fingerprint density at radius 2 is 1.80 bits per heavy atom. The van der Waals surface area contributed by atoms with Crippen LogP contribution in [0.5, 0.6) is 0 Å². The lowest BCUT2D eigenvalue weighted by molar-refractivity contribution is -0.131. The second-order valence-electron chi connectivity index (χ2n) is 5.88. The topological polar surface area (TPSA) is 49.4 Å². The van der Waals surface area contributed by atoms with Gasteiger partial charge in [0.05, 0.1) is 6.54 Å². The molecule has 4 nitrogen and oxygen atoms in total. The molecular formula is C16H22N2O2. The zero-order valence-corrected chi connectivity index (χ0v) is 12.5. The lowest BCUT2D eigenvalue weighted by Crippen LogP contribution is -2.60. The second-order valence-corrected chi connectivity index (χ2v) is 5.88. The molecule has 1 unspecified atom stereocenters. The minimum Gasteiger partial charge on any atom is -0.345 e. The van der Waals surface area contributed by atoms with Crippen LogP contribution in [0.15, 0.2) is 24.3 Å². The molecule has 1 aromatic rings. The third-order valence-corrected chi connectivity index (χ3v) is 3.68. The Hall–Kier alpha value is -1.84. The molecular weight excluding hydrogens is 252 g/mol. The summed E-state index contributed by atoms with van der Waals surface area (Å²) in [6, 6.07) is 7.41. The fraction of sp³-hybridized carbons (Fsp3) is 0.500. The summed E-state index contributed by atoms with van der Waals surface area (Å²) in [4.78, 5) is 26.2. The zero-order chi connectivity index (χ0) is 14.9. The summed E-state index contributed by atoms with van der Waals surface area (Å²) in [7, 11) is 0. The number of para-hydroxylation sites is 1. The lowest BCUT2D eigenvalue weighted by Gasteiger charge is -2.38. The van der Waals surface area contributed by atoms with E-state index in [2.05, 4.69) is 19.2 Å². The summed E-state index contributed by atoms with van der Waals surface area (Å²) in [6.07, 6.45) is 0. The van der Waals surface area contributed by atoms with Crippen molar-refractivity contribution in [2.45, 2.75) is 39.7 Å². The summed E-state index contributed by atoms with van der Waals surface area (Å²) in [6.45, 7) is 8.20. The number of benzene rings is 1. The first kappa shape index (κ1) is 14.6. The van der Waals surface area contributed by atoms with Gasteiger partial charge in [-0.2, -0.15) is 0 Å². The van der Waals surface area contributed by atoms with Crippen molar-refractivity contribution >= 4 is 17.5 Å². The molecule has 1 fully saturated rings. The van der Waals surface area contributed by atoms with Crippen LogP contribution in [0.3, 0.4) is 0 Å². The van der Waals surface area contributed by atoms with Crippen molar-refractivity contribution < 1.29 is 9.59 Å². The SMILES string of the molecule is CC(C)c1ccccc1N1C(=O)CNC(=O)C1C(C)C. The van der Waals surface area contributed by atoms with Crippen molar-refractivity contribution in [2.24, 2.45) is 5.92 Å². The molecule has 0 spiro atoms. The van der Waals surface area contributed by atoms with Crippen LogP contribution < -0.4 is 10.2 Å².